The second-order valence-electron chi connectivity index (χ2n) is 7.38. The van der Waals surface area contributed by atoms with E-state index in [0.29, 0.717) is 6.61 Å². The maximum Gasteiger partial charge on any atom is 0.121 e. The summed E-state index contributed by atoms with van der Waals surface area (Å²) in [5.74, 6) is 1.84. The molecule has 1 aromatic heterocycles. The van der Waals surface area contributed by atoms with Crippen molar-refractivity contribution in [3.63, 3.8) is 0 Å². The van der Waals surface area contributed by atoms with Crippen LogP contribution >= 0.6 is 0 Å². The summed E-state index contributed by atoms with van der Waals surface area (Å²) in [7, 11) is 0. The summed E-state index contributed by atoms with van der Waals surface area (Å²) in [6, 6.07) is 16.7. The van der Waals surface area contributed by atoms with E-state index in [4.69, 9.17) is 4.74 Å². The smallest absolute Gasteiger partial charge is 0.121 e. The molecule has 0 atom stereocenters. The second kappa shape index (κ2) is 8.41. The van der Waals surface area contributed by atoms with Crippen LogP contribution in [0, 0.1) is 5.92 Å². The van der Waals surface area contributed by atoms with Crippen molar-refractivity contribution in [2.75, 3.05) is 13.1 Å². The number of rotatable bonds is 7. The van der Waals surface area contributed by atoms with Gasteiger partial charge in [-0.1, -0.05) is 36.8 Å². The zero-order chi connectivity index (χ0) is 17.6. The largest absolute Gasteiger partial charge is 0.489 e. The van der Waals surface area contributed by atoms with Crippen molar-refractivity contribution in [3.8, 4) is 5.75 Å². The van der Waals surface area contributed by atoms with Crippen LogP contribution in [0.1, 0.15) is 36.8 Å². The minimum Gasteiger partial charge on any atom is -0.489 e. The fourth-order valence-corrected chi connectivity index (χ4v) is 3.95. The van der Waals surface area contributed by atoms with Gasteiger partial charge in [0.15, 0.2) is 0 Å². The summed E-state index contributed by atoms with van der Waals surface area (Å²) in [4.78, 5) is 3.43. The maximum atomic E-state index is 5.94. The Kier molecular flexibility index (Phi) is 5.56. The molecule has 26 heavy (non-hydrogen) atoms. The van der Waals surface area contributed by atoms with Crippen LogP contribution in [0.3, 0.4) is 0 Å². The number of aryl methyl sites for hydroxylation is 1. The van der Waals surface area contributed by atoms with Crippen LogP contribution in [0.2, 0.25) is 0 Å². The first-order chi connectivity index (χ1) is 12.9. The lowest BCUT2D eigenvalue weighted by atomic mass is 9.91. The summed E-state index contributed by atoms with van der Waals surface area (Å²) in [6.07, 6.45) is 8.66. The fraction of sp³-hybridized carbons (Fsp3) is 0.391. The molecule has 3 nitrogen and oxygen atoms in total. The number of piperidine rings is 1. The molecule has 0 spiro atoms. The zero-order valence-corrected chi connectivity index (χ0v) is 15.3. The number of aromatic amines is 1. The van der Waals surface area contributed by atoms with Crippen LogP contribution in [-0.2, 0) is 13.0 Å². The Morgan fingerprint density at radius 1 is 1.00 bits per heavy atom. The molecule has 3 aromatic rings. The third-order valence-corrected chi connectivity index (χ3v) is 5.50. The zero-order valence-electron chi connectivity index (χ0n) is 15.3. The highest BCUT2D eigenvalue weighted by atomic mass is 16.5. The molecule has 0 amide bonds. The van der Waals surface area contributed by atoms with Crippen molar-refractivity contribution in [1.82, 2.24) is 10.3 Å². The van der Waals surface area contributed by atoms with Gasteiger partial charge in [0.1, 0.15) is 12.4 Å². The molecule has 0 bridgehead atoms. The molecule has 0 saturated carbocycles. The quantitative estimate of drug-likeness (QED) is 0.625. The van der Waals surface area contributed by atoms with Crippen LogP contribution < -0.4 is 10.1 Å². The third kappa shape index (κ3) is 4.28. The Morgan fingerprint density at radius 2 is 1.85 bits per heavy atom. The van der Waals surface area contributed by atoms with Gasteiger partial charge in [0, 0.05) is 23.2 Å². The lowest BCUT2D eigenvalue weighted by molar-refractivity contribution is 0.306. The maximum absolute atomic E-state index is 5.94. The van der Waals surface area contributed by atoms with Crippen LogP contribution in [0.4, 0.5) is 0 Å². The highest BCUT2D eigenvalue weighted by molar-refractivity contribution is 5.84. The van der Waals surface area contributed by atoms with E-state index in [-0.39, 0.29) is 0 Å². The van der Waals surface area contributed by atoms with Gasteiger partial charge >= 0.3 is 0 Å². The van der Waals surface area contributed by atoms with Gasteiger partial charge in [-0.05, 0) is 68.0 Å². The van der Waals surface area contributed by atoms with Gasteiger partial charge in [0.05, 0.1) is 0 Å². The molecule has 4 rings (SSSR count). The van der Waals surface area contributed by atoms with Crippen LogP contribution in [0.15, 0.2) is 54.7 Å². The van der Waals surface area contributed by atoms with Crippen molar-refractivity contribution < 1.29 is 4.74 Å². The summed E-state index contributed by atoms with van der Waals surface area (Å²) in [5, 5.41) is 4.79. The van der Waals surface area contributed by atoms with Crippen molar-refractivity contribution in [3.05, 3.63) is 65.9 Å². The summed E-state index contributed by atoms with van der Waals surface area (Å²) >= 11 is 0. The average Bonchev–Trinajstić information content (AvgIpc) is 3.10. The lowest BCUT2D eigenvalue weighted by Crippen LogP contribution is -2.27. The van der Waals surface area contributed by atoms with Crippen LogP contribution in [-0.4, -0.2) is 18.1 Å². The van der Waals surface area contributed by atoms with E-state index in [2.05, 4.69) is 46.8 Å². The topological polar surface area (TPSA) is 37.0 Å². The minimum atomic E-state index is 0.607. The van der Waals surface area contributed by atoms with E-state index in [1.807, 2.05) is 18.2 Å². The number of fused-ring (bicyclic) bond motifs is 1. The van der Waals surface area contributed by atoms with Crippen molar-refractivity contribution in [1.29, 1.82) is 0 Å². The molecule has 2 aromatic carbocycles. The van der Waals surface area contributed by atoms with Gasteiger partial charge in [-0.25, -0.2) is 0 Å². The number of nitrogens with one attached hydrogen (secondary N) is 2. The number of hydrogen-bond acceptors (Lipinski definition) is 2. The standard InChI is InChI=1S/C23H28N2O/c1-2-5-19(6-3-1)17-26-21-9-10-22-20(16-25-23(22)15-21)8-4-7-18-11-13-24-14-12-18/h1-3,5-6,9-10,15-16,18,24-25H,4,7-8,11-14,17H2. The Hall–Kier alpha value is -2.26. The Labute approximate surface area is 155 Å². The van der Waals surface area contributed by atoms with Gasteiger partial charge < -0.3 is 15.0 Å². The van der Waals surface area contributed by atoms with Crippen LogP contribution in [0.5, 0.6) is 5.75 Å². The van der Waals surface area contributed by atoms with Crippen molar-refractivity contribution >= 4 is 10.9 Å². The molecule has 0 radical (unpaired) electrons. The molecule has 3 heteroatoms. The first-order valence-corrected chi connectivity index (χ1v) is 9.86. The number of ether oxygens (including phenoxy) is 1. The predicted molar refractivity (Wildman–Crippen MR) is 108 cm³/mol. The Morgan fingerprint density at radius 3 is 2.69 bits per heavy atom. The van der Waals surface area contributed by atoms with Gasteiger partial charge in [0.2, 0.25) is 0 Å². The Balaban J connectivity index is 1.34. The third-order valence-electron chi connectivity index (χ3n) is 5.50. The van der Waals surface area contributed by atoms with E-state index in [0.717, 1.165) is 18.1 Å². The number of H-pyrrole nitrogens is 1. The first kappa shape index (κ1) is 17.2. The number of hydrogen-bond donors (Lipinski definition) is 2. The number of aromatic nitrogens is 1. The monoisotopic (exact) mass is 348 g/mol. The molecule has 0 aliphatic carbocycles. The molecule has 1 aliphatic heterocycles. The molecule has 0 unspecified atom stereocenters. The molecule has 2 heterocycles. The van der Waals surface area contributed by atoms with Gasteiger partial charge in [-0.15, -0.1) is 0 Å². The van der Waals surface area contributed by atoms with Gasteiger partial charge in [0.25, 0.3) is 0 Å². The highest BCUT2D eigenvalue weighted by Gasteiger charge is 2.13. The first-order valence-electron chi connectivity index (χ1n) is 9.86. The lowest BCUT2D eigenvalue weighted by Gasteiger charge is -2.22. The summed E-state index contributed by atoms with van der Waals surface area (Å²) in [5.41, 5.74) is 3.80. The summed E-state index contributed by atoms with van der Waals surface area (Å²) in [6.45, 7) is 3.00. The minimum absolute atomic E-state index is 0.607. The van der Waals surface area contributed by atoms with Crippen molar-refractivity contribution in [2.45, 2.75) is 38.7 Å². The van der Waals surface area contributed by atoms with E-state index in [1.165, 1.54) is 60.8 Å². The van der Waals surface area contributed by atoms with Crippen LogP contribution in [0.25, 0.3) is 10.9 Å². The molecular formula is C23H28N2O. The molecule has 1 fully saturated rings. The van der Waals surface area contributed by atoms with E-state index in [9.17, 15) is 0 Å². The normalized spacial score (nSPS) is 15.4. The summed E-state index contributed by atoms with van der Waals surface area (Å²) < 4.78 is 5.94. The molecule has 2 N–H and O–H groups in total. The van der Waals surface area contributed by atoms with Gasteiger partial charge in [-0.3, -0.25) is 0 Å². The Bertz CT molecular complexity index is 819. The van der Waals surface area contributed by atoms with E-state index >= 15 is 0 Å². The van der Waals surface area contributed by atoms with Gasteiger partial charge in [-0.2, -0.15) is 0 Å². The predicted octanol–water partition coefficient (Wildman–Crippen LogP) is 5.07. The SMILES string of the molecule is c1ccc(COc2ccc3c(CCCC4CCNCC4)c[nH]c3c2)cc1. The van der Waals surface area contributed by atoms with E-state index in [1.54, 1.807) is 0 Å². The molecular weight excluding hydrogens is 320 g/mol. The second-order valence-corrected chi connectivity index (χ2v) is 7.38. The fourth-order valence-electron chi connectivity index (χ4n) is 3.95. The molecule has 1 aliphatic rings. The van der Waals surface area contributed by atoms with E-state index < -0.39 is 0 Å². The highest BCUT2D eigenvalue weighted by Crippen LogP contribution is 2.26. The van der Waals surface area contributed by atoms with Crippen molar-refractivity contribution in [2.24, 2.45) is 5.92 Å². The average molecular weight is 348 g/mol. The molecule has 136 valence electrons. The molecule has 1 saturated heterocycles. The number of benzene rings is 2.